The summed E-state index contributed by atoms with van der Waals surface area (Å²) in [4.78, 5) is 2.49. The van der Waals surface area contributed by atoms with Gasteiger partial charge in [0.1, 0.15) is 18.1 Å². The third-order valence-electron chi connectivity index (χ3n) is 4.23. The number of ether oxygens (including phenoxy) is 2. The summed E-state index contributed by atoms with van der Waals surface area (Å²) in [5.74, 6) is 1.81. The molecule has 0 radical (unpaired) electrons. The molecule has 1 saturated heterocycles. The van der Waals surface area contributed by atoms with E-state index in [1.165, 1.54) is 32.4 Å². The number of hydrogen-bond acceptors (Lipinski definition) is 4. The first-order valence-corrected chi connectivity index (χ1v) is 7.95. The number of nitrogens with zero attached hydrogens (tertiary/aromatic N) is 1. The molecule has 4 nitrogen and oxygen atoms in total. The second-order valence-electron chi connectivity index (χ2n) is 5.63. The number of hydrogen-bond donors (Lipinski definition) is 1. The highest BCUT2D eigenvalue weighted by molar-refractivity contribution is 5.46. The molecule has 0 spiro atoms. The van der Waals surface area contributed by atoms with Crippen LogP contribution < -0.4 is 14.8 Å². The number of piperidine rings is 1. The molecule has 1 aliphatic heterocycles. The molecule has 0 bridgehead atoms. The molecule has 0 saturated carbocycles. The Morgan fingerprint density at radius 3 is 2.57 bits per heavy atom. The van der Waals surface area contributed by atoms with Gasteiger partial charge in [-0.2, -0.15) is 0 Å². The quantitative estimate of drug-likeness (QED) is 0.838. The molecule has 1 atom stereocenters. The average Bonchev–Trinajstić information content (AvgIpc) is 2.54. The molecule has 1 aliphatic rings. The lowest BCUT2D eigenvalue weighted by Crippen LogP contribution is -2.33. The molecular formula is C17H28N2O2. The second kappa shape index (κ2) is 8.25. The van der Waals surface area contributed by atoms with Gasteiger partial charge >= 0.3 is 0 Å². The van der Waals surface area contributed by atoms with E-state index in [1.54, 1.807) is 7.11 Å². The van der Waals surface area contributed by atoms with Crippen LogP contribution in [-0.4, -0.2) is 45.3 Å². The van der Waals surface area contributed by atoms with E-state index in [2.05, 4.69) is 17.1 Å². The zero-order valence-corrected chi connectivity index (χ0v) is 13.5. The Labute approximate surface area is 128 Å². The minimum Gasteiger partial charge on any atom is -0.496 e. The molecule has 1 unspecified atom stereocenters. The van der Waals surface area contributed by atoms with E-state index < -0.39 is 0 Å². The molecule has 118 valence electrons. The zero-order chi connectivity index (χ0) is 15.1. The van der Waals surface area contributed by atoms with E-state index in [0.29, 0.717) is 0 Å². The Morgan fingerprint density at radius 1 is 1.19 bits per heavy atom. The number of nitrogens with one attached hydrogen (secondary N) is 1. The summed E-state index contributed by atoms with van der Waals surface area (Å²) in [7, 11) is 3.66. The molecule has 1 aromatic rings. The van der Waals surface area contributed by atoms with E-state index >= 15 is 0 Å². The monoisotopic (exact) mass is 292 g/mol. The van der Waals surface area contributed by atoms with Crippen LogP contribution in [0.4, 0.5) is 0 Å². The third-order valence-corrected chi connectivity index (χ3v) is 4.23. The van der Waals surface area contributed by atoms with E-state index in [4.69, 9.17) is 9.47 Å². The van der Waals surface area contributed by atoms with Crippen molar-refractivity contribution in [2.24, 2.45) is 0 Å². The number of methoxy groups -OCH3 is 1. The highest BCUT2D eigenvalue weighted by Gasteiger charge is 2.16. The minimum absolute atomic E-state index is 0.200. The third kappa shape index (κ3) is 4.35. The Hall–Kier alpha value is -1.26. The molecule has 1 aromatic carbocycles. The topological polar surface area (TPSA) is 33.7 Å². The fourth-order valence-corrected chi connectivity index (χ4v) is 2.87. The van der Waals surface area contributed by atoms with E-state index in [0.717, 1.165) is 30.2 Å². The summed E-state index contributed by atoms with van der Waals surface area (Å²) in [6.07, 6.45) is 4.01. The summed E-state index contributed by atoms with van der Waals surface area (Å²) < 4.78 is 11.5. The number of likely N-dealkylation sites (tertiary alicyclic amines) is 1. The van der Waals surface area contributed by atoms with Crippen molar-refractivity contribution in [3.05, 3.63) is 23.8 Å². The predicted molar refractivity (Wildman–Crippen MR) is 86.3 cm³/mol. The Bertz CT molecular complexity index is 431. The van der Waals surface area contributed by atoms with Crippen LogP contribution >= 0.6 is 0 Å². The molecule has 2 rings (SSSR count). The van der Waals surface area contributed by atoms with Gasteiger partial charge in [-0.05, 0) is 52.0 Å². The van der Waals surface area contributed by atoms with Crippen molar-refractivity contribution in [1.82, 2.24) is 10.2 Å². The van der Waals surface area contributed by atoms with Gasteiger partial charge in [-0.1, -0.05) is 12.5 Å². The second-order valence-corrected chi connectivity index (χ2v) is 5.63. The summed E-state index contributed by atoms with van der Waals surface area (Å²) in [6, 6.07) is 6.20. The van der Waals surface area contributed by atoms with Gasteiger partial charge in [0.25, 0.3) is 0 Å². The van der Waals surface area contributed by atoms with E-state index in [-0.39, 0.29) is 6.04 Å². The molecule has 0 aromatic heterocycles. The molecule has 1 fully saturated rings. The van der Waals surface area contributed by atoms with Crippen LogP contribution in [0.25, 0.3) is 0 Å². The first-order valence-electron chi connectivity index (χ1n) is 7.95. The minimum atomic E-state index is 0.200. The Kier molecular flexibility index (Phi) is 6.33. The van der Waals surface area contributed by atoms with Crippen LogP contribution in [-0.2, 0) is 0 Å². The van der Waals surface area contributed by atoms with Gasteiger partial charge in [-0.3, -0.25) is 4.90 Å². The van der Waals surface area contributed by atoms with Crippen LogP contribution in [0.15, 0.2) is 18.2 Å². The van der Waals surface area contributed by atoms with Crippen LogP contribution in [0.1, 0.15) is 37.8 Å². The Balaban J connectivity index is 1.98. The van der Waals surface area contributed by atoms with Crippen molar-refractivity contribution in [1.29, 1.82) is 0 Å². The summed E-state index contributed by atoms with van der Waals surface area (Å²) in [5, 5.41) is 3.27. The van der Waals surface area contributed by atoms with Crippen molar-refractivity contribution in [2.75, 3.05) is 40.4 Å². The number of rotatable bonds is 7. The molecule has 21 heavy (non-hydrogen) atoms. The molecule has 1 heterocycles. The summed E-state index contributed by atoms with van der Waals surface area (Å²) in [6.45, 7) is 6.28. The first-order chi connectivity index (χ1) is 10.3. The van der Waals surface area contributed by atoms with Gasteiger partial charge in [0.2, 0.25) is 0 Å². The normalized spacial score (nSPS) is 17.5. The van der Waals surface area contributed by atoms with E-state index in [1.807, 2.05) is 25.2 Å². The maximum absolute atomic E-state index is 6.04. The summed E-state index contributed by atoms with van der Waals surface area (Å²) >= 11 is 0. The standard InChI is InChI=1S/C17H28N2O2/c1-14(18-2)17-15(20-3)8-7-9-16(17)21-13-12-19-10-5-4-6-11-19/h7-9,14,18H,4-6,10-13H2,1-3H3. The van der Waals surface area contributed by atoms with Crippen molar-refractivity contribution in [2.45, 2.75) is 32.2 Å². The van der Waals surface area contributed by atoms with Gasteiger partial charge in [0.05, 0.1) is 12.7 Å². The van der Waals surface area contributed by atoms with E-state index in [9.17, 15) is 0 Å². The lowest BCUT2D eigenvalue weighted by Gasteiger charge is -2.26. The lowest BCUT2D eigenvalue weighted by atomic mass is 10.1. The SMILES string of the molecule is CNC(C)c1c(OC)cccc1OCCN1CCCCC1. The van der Waals surface area contributed by atoms with Gasteiger partial charge in [-0.15, -0.1) is 0 Å². The van der Waals surface area contributed by atoms with Gasteiger partial charge in [0.15, 0.2) is 0 Å². The summed E-state index contributed by atoms with van der Waals surface area (Å²) in [5.41, 5.74) is 1.10. The molecule has 4 heteroatoms. The molecule has 0 aliphatic carbocycles. The van der Waals surface area contributed by atoms with Crippen molar-refractivity contribution < 1.29 is 9.47 Å². The van der Waals surface area contributed by atoms with Crippen molar-refractivity contribution >= 4 is 0 Å². The largest absolute Gasteiger partial charge is 0.496 e. The maximum Gasteiger partial charge on any atom is 0.127 e. The maximum atomic E-state index is 6.04. The number of benzene rings is 1. The molecule has 1 N–H and O–H groups in total. The van der Waals surface area contributed by atoms with Gasteiger partial charge in [0, 0.05) is 12.6 Å². The average molecular weight is 292 g/mol. The smallest absolute Gasteiger partial charge is 0.127 e. The fraction of sp³-hybridized carbons (Fsp3) is 0.647. The van der Waals surface area contributed by atoms with Gasteiger partial charge in [-0.25, -0.2) is 0 Å². The van der Waals surface area contributed by atoms with Crippen LogP contribution in [0.2, 0.25) is 0 Å². The Morgan fingerprint density at radius 2 is 1.90 bits per heavy atom. The van der Waals surface area contributed by atoms with Crippen LogP contribution in [0.3, 0.4) is 0 Å². The zero-order valence-electron chi connectivity index (χ0n) is 13.5. The van der Waals surface area contributed by atoms with Crippen LogP contribution in [0, 0.1) is 0 Å². The molecular weight excluding hydrogens is 264 g/mol. The van der Waals surface area contributed by atoms with Crippen molar-refractivity contribution in [3.8, 4) is 11.5 Å². The first kappa shape index (κ1) is 16.1. The predicted octanol–water partition coefficient (Wildman–Crippen LogP) is 2.84. The van der Waals surface area contributed by atoms with Crippen LogP contribution in [0.5, 0.6) is 11.5 Å². The highest BCUT2D eigenvalue weighted by Crippen LogP contribution is 2.33. The molecule has 0 amide bonds. The fourth-order valence-electron chi connectivity index (χ4n) is 2.87. The lowest BCUT2D eigenvalue weighted by molar-refractivity contribution is 0.182. The highest BCUT2D eigenvalue weighted by atomic mass is 16.5. The van der Waals surface area contributed by atoms with Crippen molar-refractivity contribution in [3.63, 3.8) is 0 Å². The van der Waals surface area contributed by atoms with Gasteiger partial charge < -0.3 is 14.8 Å².